The first-order valence-corrected chi connectivity index (χ1v) is 11.4. The van der Waals surface area contributed by atoms with E-state index < -0.39 is 31.1 Å². The molecule has 36 heavy (non-hydrogen) atoms. The molecule has 14 heteroatoms. The Hall–Kier alpha value is -3.62. The van der Waals surface area contributed by atoms with E-state index in [1.165, 1.54) is 28.0 Å². The number of hydrogen-bond acceptors (Lipinski definition) is 10. The van der Waals surface area contributed by atoms with Crippen LogP contribution in [0.25, 0.3) is 17.1 Å². The summed E-state index contributed by atoms with van der Waals surface area (Å²) >= 11 is 5.89. The predicted molar refractivity (Wildman–Crippen MR) is 128 cm³/mol. The number of aromatic nitrogens is 6. The average molecular weight is 515 g/mol. The zero-order chi connectivity index (χ0) is 25.4. The van der Waals surface area contributed by atoms with Crippen molar-refractivity contribution in [3.05, 3.63) is 59.1 Å². The van der Waals surface area contributed by atoms with Crippen LogP contribution in [-0.2, 0) is 11.3 Å². The minimum absolute atomic E-state index is 0.136. The Morgan fingerprint density at radius 3 is 2.67 bits per heavy atom. The highest BCUT2D eigenvalue weighted by molar-refractivity contribution is 6.30. The van der Waals surface area contributed by atoms with Gasteiger partial charge in [-0.3, -0.25) is 9.36 Å². The van der Waals surface area contributed by atoms with Crippen molar-refractivity contribution >= 4 is 34.5 Å². The lowest BCUT2D eigenvalue weighted by Gasteiger charge is -2.17. The monoisotopic (exact) mass is 514 g/mol. The normalized spacial score (nSPS) is 21.7. The molecule has 5 N–H and O–H groups in total. The van der Waals surface area contributed by atoms with Crippen LogP contribution in [0.5, 0.6) is 0 Å². The van der Waals surface area contributed by atoms with Gasteiger partial charge in [0.05, 0.1) is 24.7 Å². The van der Waals surface area contributed by atoms with Gasteiger partial charge in [0.15, 0.2) is 23.2 Å². The number of anilines is 1. The summed E-state index contributed by atoms with van der Waals surface area (Å²) in [4.78, 5) is 25.9. The highest BCUT2D eigenvalue weighted by atomic mass is 35.5. The molecule has 5 rings (SSSR count). The molecule has 1 aliphatic rings. The van der Waals surface area contributed by atoms with E-state index in [1.54, 1.807) is 19.2 Å². The number of aliphatic hydroxyl groups excluding tert-OH is 3. The van der Waals surface area contributed by atoms with Gasteiger partial charge in [0, 0.05) is 24.8 Å². The predicted octanol–water partition coefficient (Wildman–Crippen LogP) is 0.249. The number of imidazole rings is 1. The summed E-state index contributed by atoms with van der Waals surface area (Å²) in [6, 6.07) is 7.15. The Morgan fingerprint density at radius 1 is 1.19 bits per heavy atom. The number of rotatable bonds is 7. The van der Waals surface area contributed by atoms with Crippen molar-refractivity contribution in [3.8, 4) is 5.95 Å². The molecule has 13 nitrogen and oxygen atoms in total. The number of halogens is 1. The van der Waals surface area contributed by atoms with Crippen molar-refractivity contribution in [1.82, 2.24) is 34.6 Å². The van der Waals surface area contributed by atoms with Crippen LogP contribution in [0.15, 0.2) is 43.0 Å². The fourth-order valence-electron chi connectivity index (χ4n) is 3.91. The Morgan fingerprint density at radius 2 is 1.97 bits per heavy atom. The van der Waals surface area contributed by atoms with E-state index in [-0.39, 0.29) is 11.9 Å². The maximum Gasteiger partial charge on any atom is 0.254 e. The van der Waals surface area contributed by atoms with Crippen molar-refractivity contribution in [2.45, 2.75) is 31.1 Å². The first-order chi connectivity index (χ1) is 17.4. The number of ether oxygens (including phenoxy) is 1. The quantitative estimate of drug-likeness (QED) is 0.230. The van der Waals surface area contributed by atoms with E-state index in [0.717, 1.165) is 5.56 Å². The molecule has 3 aromatic heterocycles. The Balaban J connectivity index is 1.42. The molecule has 1 unspecified atom stereocenters. The molecule has 4 atom stereocenters. The molecular weight excluding hydrogens is 492 g/mol. The minimum Gasteiger partial charge on any atom is -0.394 e. The second-order valence-corrected chi connectivity index (χ2v) is 8.59. The van der Waals surface area contributed by atoms with E-state index >= 15 is 0 Å². The number of fused-ring (bicyclic) bond motifs is 1. The third-order valence-corrected chi connectivity index (χ3v) is 6.11. The van der Waals surface area contributed by atoms with E-state index in [2.05, 4.69) is 30.7 Å². The average Bonchev–Trinajstić information content (AvgIpc) is 3.61. The van der Waals surface area contributed by atoms with Crippen molar-refractivity contribution in [1.29, 1.82) is 0 Å². The Bertz CT molecular complexity index is 1390. The molecule has 1 aromatic carbocycles. The number of nitrogens with zero attached hydrogens (tertiary/aromatic N) is 6. The Kier molecular flexibility index (Phi) is 6.55. The highest BCUT2D eigenvalue weighted by Gasteiger charge is 2.44. The zero-order valence-electron chi connectivity index (χ0n) is 19.0. The second-order valence-electron chi connectivity index (χ2n) is 8.16. The molecule has 1 amide bonds. The topological polar surface area (TPSA) is 172 Å². The lowest BCUT2D eigenvalue weighted by molar-refractivity contribution is -0.0511. The first kappa shape index (κ1) is 24.1. The van der Waals surface area contributed by atoms with Crippen molar-refractivity contribution in [2.75, 3.05) is 19.0 Å². The van der Waals surface area contributed by atoms with Crippen molar-refractivity contribution < 1.29 is 24.9 Å². The van der Waals surface area contributed by atoms with Gasteiger partial charge in [-0.2, -0.15) is 15.1 Å². The summed E-state index contributed by atoms with van der Waals surface area (Å²) in [5, 5.41) is 40.6. The molecule has 1 saturated heterocycles. The van der Waals surface area contributed by atoms with E-state index in [0.29, 0.717) is 34.1 Å². The number of carbonyl (C=O) groups is 1. The zero-order valence-corrected chi connectivity index (χ0v) is 19.7. The van der Waals surface area contributed by atoms with Gasteiger partial charge < -0.3 is 30.7 Å². The first-order valence-electron chi connectivity index (χ1n) is 11.0. The lowest BCUT2D eigenvalue weighted by atomic mass is 10.1. The van der Waals surface area contributed by atoms with Crippen molar-refractivity contribution in [3.63, 3.8) is 0 Å². The van der Waals surface area contributed by atoms with Gasteiger partial charge in [-0.15, -0.1) is 0 Å². The third kappa shape index (κ3) is 4.38. The summed E-state index contributed by atoms with van der Waals surface area (Å²) in [5.41, 5.74) is 1.89. The number of hydrogen-bond donors (Lipinski definition) is 5. The van der Waals surface area contributed by atoms with Gasteiger partial charge >= 0.3 is 0 Å². The van der Waals surface area contributed by atoms with Crippen LogP contribution in [0.4, 0.5) is 5.82 Å². The van der Waals surface area contributed by atoms with Crippen LogP contribution in [0, 0.1) is 0 Å². The maximum atomic E-state index is 12.6. The fourth-order valence-corrected chi connectivity index (χ4v) is 4.04. The van der Waals surface area contributed by atoms with Gasteiger partial charge in [-0.05, 0) is 17.7 Å². The molecule has 1 fully saturated rings. The SMILES string of the molecule is CNc1nc(-n2cc(C(=O)NCc3ccc(Cl)cc3)cn2)nc2c1ncn2C1O[C@H](CO)[C@@H](O)[C@H]1O. The fraction of sp³-hybridized carbons (Fsp3) is 0.318. The number of amides is 1. The largest absolute Gasteiger partial charge is 0.394 e. The number of carbonyl (C=O) groups excluding carboxylic acids is 1. The standard InChI is InChI=1S/C22H23ClN8O5/c1-24-18-15-19(30(10-26-15)21-17(34)16(33)14(9-32)36-21)29-22(28-18)31-8-12(7-27-31)20(35)25-6-11-2-4-13(23)5-3-11/h2-5,7-8,10,14,16-17,21,32-34H,6,9H2,1H3,(H,25,35)(H,24,28,29)/t14-,16-,17-,21?/m1/s1. The van der Waals surface area contributed by atoms with Crippen molar-refractivity contribution in [2.24, 2.45) is 0 Å². The molecular formula is C22H23ClN8O5. The summed E-state index contributed by atoms with van der Waals surface area (Å²) in [6.07, 6.45) is -0.269. The van der Waals surface area contributed by atoms with Crippen LogP contribution in [0.1, 0.15) is 22.1 Å². The smallest absolute Gasteiger partial charge is 0.254 e. The van der Waals surface area contributed by atoms with Crippen LogP contribution < -0.4 is 10.6 Å². The molecule has 1 aliphatic heterocycles. The molecule has 4 heterocycles. The molecule has 0 saturated carbocycles. The van der Waals surface area contributed by atoms with Gasteiger partial charge in [0.25, 0.3) is 11.9 Å². The van der Waals surface area contributed by atoms with Crippen LogP contribution in [-0.4, -0.2) is 82.5 Å². The van der Waals surface area contributed by atoms with Crippen LogP contribution >= 0.6 is 11.6 Å². The van der Waals surface area contributed by atoms with E-state index in [1.807, 2.05) is 12.1 Å². The highest BCUT2D eigenvalue weighted by Crippen LogP contribution is 2.32. The van der Waals surface area contributed by atoms with Gasteiger partial charge in [0.2, 0.25) is 0 Å². The van der Waals surface area contributed by atoms with Crippen LogP contribution in [0.2, 0.25) is 5.02 Å². The number of benzene rings is 1. The minimum atomic E-state index is -1.31. The van der Waals surface area contributed by atoms with Gasteiger partial charge in [-0.25, -0.2) is 9.67 Å². The van der Waals surface area contributed by atoms with E-state index in [4.69, 9.17) is 16.3 Å². The molecule has 0 radical (unpaired) electrons. The maximum absolute atomic E-state index is 12.6. The third-order valence-electron chi connectivity index (χ3n) is 5.85. The number of aliphatic hydroxyl groups is 3. The van der Waals surface area contributed by atoms with Crippen LogP contribution in [0.3, 0.4) is 0 Å². The summed E-state index contributed by atoms with van der Waals surface area (Å²) < 4.78 is 8.41. The number of nitrogens with one attached hydrogen (secondary N) is 2. The Labute approximate surface area is 209 Å². The summed E-state index contributed by atoms with van der Waals surface area (Å²) in [6.45, 7) is -0.142. The van der Waals surface area contributed by atoms with E-state index in [9.17, 15) is 20.1 Å². The molecule has 188 valence electrons. The van der Waals surface area contributed by atoms with Gasteiger partial charge in [0.1, 0.15) is 18.3 Å². The molecule has 0 aliphatic carbocycles. The second kappa shape index (κ2) is 9.79. The molecule has 4 aromatic rings. The summed E-state index contributed by atoms with van der Waals surface area (Å²) in [7, 11) is 1.66. The summed E-state index contributed by atoms with van der Waals surface area (Å²) in [5.74, 6) is 0.185. The molecule has 0 bridgehead atoms. The van der Waals surface area contributed by atoms with Gasteiger partial charge in [-0.1, -0.05) is 23.7 Å². The molecule has 0 spiro atoms. The lowest BCUT2D eigenvalue weighted by Crippen LogP contribution is -2.33.